The molecule has 0 aliphatic carbocycles. The molecule has 0 spiro atoms. The first kappa shape index (κ1) is 16.9. The maximum absolute atomic E-state index is 12.1. The smallest absolute Gasteiger partial charge is 0.326 e. The van der Waals surface area contributed by atoms with Crippen LogP contribution in [0.5, 0.6) is 0 Å². The number of hydrogen-bond donors (Lipinski definition) is 2. The Hall–Kier alpha value is -2.15. The lowest BCUT2D eigenvalue weighted by Gasteiger charge is -2.16. The number of carboxylic acid groups (broad SMARTS) is 1. The molecule has 0 aliphatic rings. The number of benzene rings is 1. The minimum absolute atomic E-state index is 0.0478. The fourth-order valence-corrected chi connectivity index (χ4v) is 1.94. The quantitative estimate of drug-likeness (QED) is 0.619. The van der Waals surface area contributed by atoms with Gasteiger partial charge in [-0.3, -0.25) is 14.9 Å². The Labute approximate surface area is 126 Å². The predicted octanol–water partition coefficient (Wildman–Crippen LogP) is 2.48. The van der Waals surface area contributed by atoms with Gasteiger partial charge in [0.1, 0.15) is 11.6 Å². The van der Waals surface area contributed by atoms with Gasteiger partial charge in [0.05, 0.1) is 4.92 Å². The molecule has 8 heteroatoms. The number of nitrogens with zero attached hydrogens (tertiary/aromatic N) is 1. The van der Waals surface area contributed by atoms with E-state index in [1.165, 1.54) is 12.1 Å². The second-order valence-corrected chi connectivity index (χ2v) is 5.35. The van der Waals surface area contributed by atoms with Crippen LogP contribution in [0.15, 0.2) is 18.2 Å². The summed E-state index contributed by atoms with van der Waals surface area (Å²) in [4.78, 5) is 33.3. The van der Waals surface area contributed by atoms with Crippen LogP contribution in [0.3, 0.4) is 0 Å². The lowest BCUT2D eigenvalue weighted by atomic mass is 10.0. The Kier molecular flexibility index (Phi) is 5.66. The highest BCUT2D eigenvalue weighted by Gasteiger charge is 2.26. The largest absolute Gasteiger partial charge is 0.480 e. The molecule has 7 nitrogen and oxygen atoms in total. The van der Waals surface area contributed by atoms with Gasteiger partial charge in [0.25, 0.3) is 11.6 Å². The van der Waals surface area contributed by atoms with Crippen LogP contribution in [-0.4, -0.2) is 27.9 Å². The Balaban J connectivity index is 3.03. The molecule has 0 radical (unpaired) electrons. The summed E-state index contributed by atoms with van der Waals surface area (Å²) in [6, 6.07) is 2.48. The second kappa shape index (κ2) is 7.03. The van der Waals surface area contributed by atoms with Gasteiger partial charge in [0.2, 0.25) is 0 Å². The van der Waals surface area contributed by atoms with Crippen molar-refractivity contribution in [1.29, 1.82) is 0 Å². The fraction of sp³-hybridized carbons (Fsp3) is 0.385. The SMILES string of the molecule is CC(C)C[C@H](NC(=O)c1ccc(Cl)cc1[N+](=O)[O-])C(=O)O. The average molecular weight is 315 g/mol. The van der Waals surface area contributed by atoms with E-state index in [0.717, 1.165) is 6.07 Å². The fourth-order valence-electron chi connectivity index (χ4n) is 1.78. The van der Waals surface area contributed by atoms with Crippen molar-refractivity contribution in [3.63, 3.8) is 0 Å². The number of nitro benzene ring substituents is 1. The third-order valence-corrected chi connectivity index (χ3v) is 2.95. The molecule has 114 valence electrons. The van der Waals surface area contributed by atoms with Crippen LogP contribution in [0.1, 0.15) is 30.6 Å². The number of amides is 1. The number of aliphatic carboxylic acids is 1. The molecule has 1 amide bonds. The number of hydrogen-bond acceptors (Lipinski definition) is 4. The third-order valence-electron chi connectivity index (χ3n) is 2.71. The molecular formula is C13H15ClN2O5. The highest BCUT2D eigenvalue weighted by atomic mass is 35.5. The lowest BCUT2D eigenvalue weighted by molar-refractivity contribution is -0.385. The van der Waals surface area contributed by atoms with E-state index in [9.17, 15) is 19.7 Å². The van der Waals surface area contributed by atoms with E-state index in [1.807, 2.05) is 13.8 Å². The third kappa shape index (κ3) is 4.71. The van der Waals surface area contributed by atoms with E-state index in [0.29, 0.717) is 0 Å². The van der Waals surface area contributed by atoms with E-state index in [4.69, 9.17) is 16.7 Å². The van der Waals surface area contributed by atoms with Crippen molar-refractivity contribution in [3.05, 3.63) is 38.9 Å². The van der Waals surface area contributed by atoms with Crippen molar-refractivity contribution in [1.82, 2.24) is 5.32 Å². The van der Waals surface area contributed by atoms with Gasteiger partial charge in [0, 0.05) is 11.1 Å². The van der Waals surface area contributed by atoms with Gasteiger partial charge in [-0.05, 0) is 24.5 Å². The number of rotatable bonds is 6. The van der Waals surface area contributed by atoms with Crippen molar-refractivity contribution in [2.45, 2.75) is 26.3 Å². The van der Waals surface area contributed by atoms with Crippen molar-refractivity contribution < 1.29 is 19.6 Å². The number of carbonyl (C=O) groups is 2. The van der Waals surface area contributed by atoms with Gasteiger partial charge >= 0.3 is 5.97 Å². The second-order valence-electron chi connectivity index (χ2n) is 4.91. The molecule has 2 N–H and O–H groups in total. The zero-order valence-corrected chi connectivity index (χ0v) is 12.3. The molecule has 1 atom stereocenters. The summed E-state index contributed by atoms with van der Waals surface area (Å²) in [6.07, 6.45) is 0.225. The minimum Gasteiger partial charge on any atom is -0.480 e. The van der Waals surface area contributed by atoms with Gasteiger partial charge < -0.3 is 10.4 Å². The number of halogens is 1. The first-order valence-electron chi connectivity index (χ1n) is 6.20. The van der Waals surface area contributed by atoms with E-state index < -0.39 is 28.5 Å². The van der Waals surface area contributed by atoms with Crippen molar-refractivity contribution >= 4 is 29.2 Å². The van der Waals surface area contributed by atoms with Crippen molar-refractivity contribution in [2.24, 2.45) is 5.92 Å². The summed E-state index contributed by atoms with van der Waals surface area (Å²) in [5, 5.41) is 22.4. The van der Waals surface area contributed by atoms with Gasteiger partial charge in [-0.25, -0.2) is 4.79 Å². The predicted molar refractivity (Wildman–Crippen MR) is 76.5 cm³/mol. The summed E-state index contributed by atoms with van der Waals surface area (Å²) in [5.74, 6) is -1.95. The normalized spacial score (nSPS) is 12.0. The van der Waals surface area contributed by atoms with Crippen LogP contribution < -0.4 is 5.32 Å². The number of nitro groups is 1. The summed E-state index contributed by atoms with van der Waals surface area (Å²) >= 11 is 5.66. The van der Waals surface area contributed by atoms with Crippen LogP contribution >= 0.6 is 11.6 Å². The number of carboxylic acids is 1. The van der Waals surface area contributed by atoms with E-state index in [-0.39, 0.29) is 22.9 Å². The van der Waals surface area contributed by atoms with Crippen LogP contribution in [0.25, 0.3) is 0 Å². The molecule has 0 saturated heterocycles. The summed E-state index contributed by atoms with van der Waals surface area (Å²) in [6.45, 7) is 3.62. The number of nitrogens with one attached hydrogen (secondary N) is 1. The summed E-state index contributed by atoms with van der Waals surface area (Å²) in [5.41, 5.74) is -0.687. The molecule has 0 fully saturated rings. The van der Waals surface area contributed by atoms with Gasteiger partial charge in [-0.2, -0.15) is 0 Å². The van der Waals surface area contributed by atoms with Gasteiger partial charge in [-0.15, -0.1) is 0 Å². The Morgan fingerprint density at radius 3 is 2.52 bits per heavy atom. The molecule has 0 aromatic heterocycles. The molecule has 0 bridgehead atoms. The lowest BCUT2D eigenvalue weighted by Crippen LogP contribution is -2.41. The molecule has 1 aromatic rings. The average Bonchev–Trinajstić information content (AvgIpc) is 2.36. The molecule has 0 saturated carbocycles. The Morgan fingerprint density at radius 2 is 2.05 bits per heavy atom. The standard InChI is InChI=1S/C13H15ClN2O5/c1-7(2)5-10(13(18)19)15-12(17)9-4-3-8(14)6-11(9)16(20)21/h3-4,6-7,10H,5H2,1-2H3,(H,15,17)(H,18,19)/t10-/m0/s1. The van der Waals surface area contributed by atoms with Crippen molar-refractivity contribution in [3.8, 4) is 0 Å². The van der Waals surface area contributed by atoms with Crippen molar-refractivity contribution in [2.75, 3.05) is 0 Å². The molecule has 1 aromatic carbocycles. The van der Waals surface area contributed by atoms with Crippen LogP contribution in [0.2, 0.25) is 5.02 Å². The molecule has 21 heavy (non-hydrogen) atoms. The van der Waals surface area contributed by atoms with Crippen LogP contribution in [0.4, 0.5) is 5.69 Å². The first-order chi connectivity index (χ1) is 9.72. The maximum Gasteiger partial charge on any atom is 0.326 e. The highest BCUT2D eigenvalue weighted by Crippen LogP contribution is 2.23. The molecular weight excluding hydrogens is 300 g/mol. The Bertz CT molecular complexity index is 574. The Morgan fingerprint density at radius 1 is 1.43 bits per heavy atom. The molecule has 0 aliphatic heterocycles. The molecule has 0 unspecified atom stereocenters. The van der Waals surface area contributed by atoms with Crippen LogP contribution in [0, 0.1) is 16.0 Å². The van der Waals surface area contributed by atoms with E-state index in [1.54, 1.807) is 0 Å². The van der Waals surface area contributed by atoms with Crippen LogP contribution in [-0.2, 0) is 4.79 Å². The topological polar surface area (TPSA) is 110 Å². The van der Waals surface area contributed by atoms with Gasteiger partial charge in [0.15, 0.2) is 0 Å². The maximum atomic E-state index is 12.1. The summed E-state index contributed by atoms with van der Waals surface area (Å²) in [7, 11) is 0. The van der Waals surface area contributed by atoms with E-state index >= 15 is 0 Å². The highest BCUT2D eigenvalue weighted by molar-refractivity contribution is 6.31. The molecule has 1 rings (SSSR count). The molecule has 0 heterocycles. The zero-order chi connectivity index (χ0) is 16.2. The monoisotopic (exact) mass is 314 g/mol. The number of carbonyl (C=O) groups excluding carboxylic acids is 1. The zero-order valence-electron chi connectivity index (χ0n) is 11.5. The minimum atomic E-state index is -1.19. The van der Waals surface area contributed by atoms with E-state index in [2.05, 4.69) is 5.32 Å². The first-order valence-corrected chi connectivity index (χ1v) is 6.57. The summed E-state index contributed by atoms with van der Waals surface area (Å²) < 4.78 is 0. The van der Waals surface area contributed by atoms with Gasteiger partial charge in [-0.1, -0.05) is 25.4 Å².